The Morgan fingerprint density at radius 3 is 2.69 bits per heavy atom. The van der Waals surface area contributed by atoms with E-state index in [0.29, 0.717) is 27.1 Å². The second kappa shape index (κ2) is 9.63. The van der Waals surface area contributed by atoms with Gasteiger partial charge in [-0.3, -0.25) is 0 Å². The van der Waals surface area contributed by atoms with E-state index in [4.69, 9.17) is 21.4 Å². The third kappa shape index (κ3) is 4.79. The molecule has 0 aliphatic carbocycles. The SMILES string of the molecule is CCOC(=O)C1=C(CSC(=S)N(CC)CC)NC(=O)N[C@H]1c1ccco1. The Morgan fingerprint density at radius 2 is 2.12 bits per heavy atom. The first-order chi connectivity index (χ1) is 12.5. The highest BCUT2D eigenvalue weighted by atomic mass is 32.2. The summed E-state index contributed by atoms with van der Waals surface area (Å²) in [6, 6.07) is 2.32. The van der Waals surface area contributed by atoms with Crippen LogP contribution in [0.2, 0.25) is 0 Å². The van der Waals surface area contributed by atoms with Gasteiger partial charge >= 0.3 is 12.0 Å². The first kappa shape index (κ1) is 20.3. The predicted octanol–water partition coefficient (Wildman–Crippen LogP) is 2.81. The maximum Gasteiger partial charge on any atom is 0.338 e. The molecule has 7 nitrogen and oxygen atoms in total. The number of rotatable bonds is 7. The number of amides is 2. The van der Waals surface area contributed by atoms with Gasteiger partial charge in [0.05, 0.1) is 18.4 Å². The van der Waals surface area contributed by atoms with Crippen molar-refractivity contribution in [2.45, 2.75) is 26.8 Å². The van der Waals surface area contributed by atoms with E-state index in [9.17, 15) is 9.59 Å². The van der Waals surface area contributed by atoms with Crippen molar-refractivity contribution in [2.75, 3.05) is 25.4 Å². The summed E-state index contributed by atoms with van der Waals surface area (Å²) in [4.78, 5) is 26.7. The summed E-state index contributed by atoms with van der Waals surface area (Å²) >= 11 is 6.84. The van der Waals surface area contributed by atoms with Gasteiger partial charge in [-0.2, -0.15) is 0 Å². The predicted molar refractivity (Wildman–Crippen MR) is 105 cm³/mol. The molecule has 1 aliphatic heterocycles. The van der Waals surface area contributed by atoms with Crippen molar-refractivity contribution >= 4 is 40.3 Å². The van der Waals surface area contributed by atoms with Crippen LogP contribution in [0.25, 0.3) is 0 Å². The average Bonchev–Trinajstić information content (AvgIpc) is 3.15. The van der Waals surface area contributed by atoms with E-state index in [1.54, 1.807) is 19.1 Å². The molecule has 9 heteroatoms. The summed E-state index contributed by atoms with van der Waals surface area (Å²) in [5, 5.41) is 5.43. The number of carbonyl (C=O) groups is 2. The first-order valence-electron chi connectivity index (χ1n) is 8.44. The summed E-state index contributed by atoms with van der Waals surface area (Å²) < 4.78 is 11.3. The summed E-state index contributed by atoms with van der Waals surface area (Å²) in [5.41, 5.74) is 0.810. The van der Waals surface area contributed by atoms with Crippen LogP contribution in [-0.2, 0) is 9.53 Å². The quantitative estimate of drug-likeness (QED) is 0.541. The van der Waals surface area contributed by atoms with Crippen LogP contribution in [0.1, 0.15) is 32.6 Å². The zero-order chi connectivity index (χ0) is 19.1. The minimum Gasteiger partial charge on any atom is -0.467 e. The third-order valence-corrected chi connectivity index (χ3v) is 5.39. The van der Waals surface area contributed by atoms with Crippen molar-refractivity contribution in [1.82, 2.24) is 15.5 Å². The molecule has 0 radical (unpaired) electrons. The molecule has 0 unspecified atom stereocenters. The highest BCUT2D eigenvalue weighted by Crippen LogP contribution is 2.29. The molecule has 2 heterocycles. The second-order valence-electron chi connectivity index (χ2n) is 5.39. The normalized spacial score (nSPS) is 16.7. The van der Waals surface area contributed by atoms with E-state index in [1.165, 1.54) is 18.0 Å². The minimum absolute atomic E-state index is 0.236. The van der Waals surface area contributed by atoms with Crippen LogP contribution in [0, 0.1) is 0 Å². The smallest absolute Gasteiger partial charge is 0.338 e. The van der Waals surface area contributed by atoms with Gasteiger partial charge in [-0.1, -0.05) is 24.0 Å². The van der Waals surface area contributed by atoms with Gasteiger partial charge in [0.25, 0.3) is 0 Å². The minimum atomic E-state index is -0.699. The number of furan rings is 1. The van der Waals surface area contributed by atoms with Crippen molar-refractivity contribution < 1.29 is 18.7 Å². The van der Waals surface area contributed by atoms with Crippen LogP contribution in [-0.4, -0.2) is 46.7 Å². The Labute approximate surface area is 162 Å². The van der Waals surface area contributed by atoms with Gasteiger partial charge in [0.15, 0.2) is 0 Å². The Hall–Kier alpha value is -2.00. The molecule has 1 aromatic rings. The molecule has 2 N–H and O–H groups in total. The molecule has 0 saturated heterocycles. The lowest BCUT2D eigenvalue weighted by molar-refractivity contribution is -0.139. The lowest BCUT2D eigenvalue weighted by atomic mass is 10.0. The van der Waals surface area contributed by atoms with Gasteiger partial charge in [-0.25, -0.2) is 9.59 Å². The molecular weight excluding hydrogens is 374 g/mol. The molecule has 0 fully saturated rings. The monoisotopic (exact) mass is 397 g/mol. The van der Waals surface area contributed by atoms with Crippen LogP contribution in [0.3, 0.4) is 0 Å². The fourth-order valence-corrected chi connectivity index (χ4v) is 3.93. The maximum atomic E-state index is 12.5. The first-order valence-corrected chi connectivity index (χ1v) is 9.83. The standard InChI is InChI=1S/C17H23N3O4S2/c1-4-20(5-2)17(25)26-10-11-13(15(21)23-6-3)14(19-16(22)18-11)12-8-7-9-24-12/h7-9,14H,4-6,10H2,1-3H3,(H2,18,19,22)/t14-/m0/s1. The van der Waals surface area contributed by atoms with E-state index in [2.05, 4.69) is 10.6 Å². The fraction of sp³-hybridized carbons (Fsp3) is 0.471. The van der Waals surface area contributed by atoms with E-state index in [-0.39, 0.29) is 6.61 Å². The molecule has 1 aliphatic rings. The molecule has 2 amide bonds. The topological polar surface area (TPSA) is 83.8 Å². The average molecular weight is 398 g/mol. The molecule has 0 aromatic carbocycles. The Balaban J connectivity index is 2.31. The van der Waals surface area contributed by atoms with Crippen molar-refractivity contribution in [3.8, 4) is 0 Å². The molecule has 0 spiro atoms. The second-order valence-corrected chi connectivity index (χ2v) is 7.00. The number of ether oxygens (including phenoxy) is 1. The van der Waals surface area contributed by atoms with Gasteiger partial charge in [0.2, 0.25) is 0 Å². The van der Waals surface area contributed by atoms with Crippen molar-refractivity contribution in [2.24, 2.45) is 0 Å². The number of urea groups is 1. The summed E-state index contributed by atoms with van der Waals surface area (Å²) in [7, 11) is 0. The number of carbonyl (C=O) groups excluding carboxylic acids is 2. The zero-order valence-electron chi connectivity index (χ0n) is 15.0. The maximum absolute atomic E-state index is 12.5. The number of thioether (sulfide) groups is 1. The summed E-state index contributed by atoms with van der Waals surface area (Å²) in [5.74, 6) is 0.330. The fourth-order valence-electron chi connectivity index (χ4n) is 2.56. The zero-order valence-corrected chi connectivity index (χ0v) is 16.7. The number of thiocarbonyl (C=S) groups is 1. The van der Waals surface area contributed by atoms with Crippen LogP contribution in [0.4, 0.5) is 4.79 Å². The number of esters is 1. The van der Waals surface area contributed by atoms with Crippen molar-refractivity contribution in [1.29, 1.82) is 0 Å². The Kier molecular flexibility index (Phi) is 7.52. The van der Waals surface area contributed by atoms with Gasteiger partial charge in [-0.05, 0) is 32.9 Å². The number of hydrogen-bond acceptors (Lipinski definition) is 6. The molecule has 0 bridgehead atoms. The molecule has 26 heavy (non-hydrogen) atoms. The lowest BCUT2D eigenvalue weighted by Crippen LogP contribution is -2.46. The van der Waals surface area contributed by atoms with Gasteiger partial charge in [0.1, 0.15) is 16.1 Å². The van der Waals surface area contributed by atoms with Crippen LogP contribution in [0.15, 0.2) is 34.1 Å². The molecule has 1 atom stereocenters. The number of hydrogen-bond donors (Lipinski definition) is 2. The van der Waals surface area contributed by atoms with Gasteiger partial charge < -0.3 is 24.7 Å². The number of nitrogens with zero attached hydrogens (tertiary/aromatic N) is 1. The highest BCUT2D eigenvalue weighted by Gasteiger charge is 2.35. The van der Waals surface area contributed by atoms with Gasteiger partial charge in [0, 0.05) is 24.5 Å². The van der Waals surface area contributed by atoms with Crippen LogP contribution < -0.4 is 10.6 Å². The molecule has 0 saturated carbocycles. The lowest BCUT2D eigenvalue weighted by Gasteiger charge is -2.28. The van der Waals surface area contributed by atoms with Crippen molar-refractivity contribution in [3.05, 3.63) is 35.4 Å². The van der Waals surface area contributed by atoms with Gasteiger partial charge in [-0.15, -0.1) is 0 Å². The summed E-state index contributed by atoms with van der Waals surface area (Å²) in [6.45, 7) is 7.63. The number of nitrogens with one attached hydrogen (secondary N) is 2. The molecule has 1 aromatic heterocycles. The molecule has 142 valence electrons. The van der Waals surface area contributed by atoms with E-state index in [0.717, 1.165) is 13.1 Å². The van der Waals surface area contributed by atoms with Crippen molar-refractivity contribution in [3.63, 3.8) is 0 Å². The van der Waals surface area contributed by atoms with E-state index < -0.39 is 18.0 Å². The van der Waals surface area contributed by atoms with Crippen LogP contribution in [0.5, 0.6) is 0 Å². The molecular formula is C17H23N3O4S2. The highest BCUT2D eigenvalue weighted by molar-refractivity contribution is 8.23. The largest absolute Gasteiger partial charge is 0.467 e. The van der Waals surface area contributed by atoms with Crippen LogP contribution >= 0.6 is 24.0 Å². The third-order valence-electron chi connectivity index (χ3n) is 3.84. The Bertz CT molecular complexity index is 684. The van der Waals surface area contributed by atoms with E-state index >= 15 is 0 Å². The summed E-state index contributed by atoms with van der Waals surface area (Å²) in [6.07, 6.45) is 1.50. The Morgan fingerprint density at radius 1 is 1.38 bits per heavy atom. The molecule has 2 rings (SSSR count). The van der Waals surface area contributed by atoms with E-state index in [1.807, 2.05) is 18.7 Å².